The largest absolute Gasteiger partial charge is 0.463 e. The first kappa shape index (κ1) is 28.1. The summed E-state index contributed by atoms with van der Waals surface area (Å²) in [5, 5.41) is 3.07. The molecule has 4 atom stereocenters. The second kappa shape index (κ2) is 13.6. The van der Waals surface area contributed by atoms with Gasteiger partial charge in [0.2, 0.25) is 11.8 Å². The van der Waals surface area contributed by atoms with Crippen LogP contribution >= 0.6 is 0 Å². The van der Waals surface area contributed by atoms with Crippen LogP contribution in [-0.4, -0.2) is 72.0 Å². The van der Waals surface area contributed by atoms with E-state index < -0.39 is 6.04 Å². The molecule has 7 heteroatoms. The monoisotopic (exact) mass is 451 g/mol. The molecule has 1 N–H and O–H groups in total. The number of hydrogen-bond acceptors (Lipinski definition) is 5. The molecule has 7 nitrogen and oxygen atoms in total. The van der Waals surface area contributed by atoms with Crippen LogP contribution in [0.5, 0.6) is 0 Å². The number of likely N-dealkylation sites (tertiary alicyclic amines) is 1. The molecule has 1 saturated heterocycles. The Morgan fingerprint density at radius 1 is 1.12 bits per heavy atom. The van der Waals surface area contributed by atoms with Crippen molar-refractivity contribution in [3.8, 4) is 0 Å². The maximum atomic E-state index is 13.4. The molecule has 1 aliphatic rings. The standard InChI is InChI=1S/C25H45N3O4/c1-9-19(7)28-15-13-12-14-21(28)23(29)26-22(17(4)5)24(30)27(8)20(10-2)16-18(6)25(31)32-11-3/h16-17,19-22H,9-15H2,1-8H3,(H,26,29)/b18-16+. The van der Waals surface area contributed by atoms with Gasteiger partial charge in [-0.05, 0) is 58.9 Å². The van der Waals surface area contributed by atoms with Gasteiger partial charge in [0, 0.05) is 18.7 Å². The lowest BCUT2D eigenvalue weighted by Crippen LogP contribution is -2.58. The Labute approximate surface area is 194 Å². The third-order valence-electron chi connectivity index (χ3n) is 6.54. The summed E-state index contributed by atoms with van der Waals surface area (Å²) >= 11 is 0. The van der Waals surface area contributed by atoms with Gasteiger partial charge < -0.3 is 15.0 Å². The molecule has 0 bridgehead atoms. The van der Waals surface area contributed by atoms with Gasteiger partial charge in [0.15, 0.2) is 0 Å². The smallest absolute Gasteiger partial charge is 0.333 e. The average Bonchev–Trinajstić information content (AvgIpc) is 2.78. The van der Waals surface area contributed by atoms with Gasteiger partial charge >= 0.3 is 5.97 Å². The highest BCUT2D eigenvalue weighted by Crippen LogP contribution is 2.22. The Morgan fingerprint density at radius 2 is 1.78 bits per heavy atom. The first-order chi connectivity index (χ1) is 15.1. The average molecular weight is 452 g/mol. The molecule has 0 aromatic rings. The number of nitrogens with zero attached hydrogens (tertiary/aromatic N) is 2. The van der Waals surface area contributed by atoms with Crippen LogP contribution in [0, 0.1) is 5.92 Å². The van der Waals surface area contributed by atoms with Crippen molar-refractivity contribution in [2.75, 3.05) is 20.2 Å². The molecular weight excluding hydrogens is 406 g/mol. The molecular formula is C25H45N3O4. The van der Waals surface area contributed by atoms with Gasteiger partial charge in [0.1, 0.15) is 6.04 Å². The van der Waals surface area contributed by atoms with Gasteiger partial charge in [-0.1, -0.05) is 40.2 Å². The quantitative estimate of drug-likeness (QED) is 0.384. The third kappa shape index (κ3) is 7.61. The lowest BCUT2D eigenvalue weighted by atomic mass is 9.96. The van der Waals surface area contributed by atoms with Crippen molar-refractivity contribution < 1.29 is 19.1 Å². The van der Waals surface area contributed by atoms with Crippen LogP contribution in [0.4, 0.5) is 0 Å². The minimum atomic E-state index is -0.612. The van der Waals surface area contributed by atoms with Gasteiger partial charge in [-0.3, -0.25) is 14.5 Å². The summed E-state index contributed by atoms with van der Waals surface area (Å²) in [7, 11) is 1.74. The van der Waals surface area contributed by atoms with E-state index in [2.05, 4.69) is 24.1 Å². The number of piperidine rings is 1. The topological polar surface area (TPSA) is 79.0 Å². The molecule has 1 rings (SSSR count). The van der Waals surface area contributed by atoms with Crippen molar-refractivity contribution in [1.82, 2.24) is 15.1 Å². The summed E-state index contributed by atoms with van der Waals surface area (Å²) in [5.41, 5.74) is 0.481. The first-order valence-electron chi connectivity index (χ1n) is 12.3. The number of carbonyl (C=O) groups is 3. The fourth-order valence-electron chi connectivity index (χ4n) is 4.25. The fraction of sp³-hybridized carbons (Fsp3) is 0.800. The highest BCUT2D eigenvalue weighted by atomic mass is 16.5. The van der Waals surface area contributed by atoms with E-state index in [1.807, 2.05) is 20.8 Å². The highest BCUT2D eigenvalue weighted by Gasteiger charge is 2.35. The molecule has 0 radical (unpaired) electrons. The van der Waals surface area contributed by atoms with Crippen LogP contribution in [0.25, 0.3) is 0 Å². The van der Waals surface area contributed by atoms with Crippen LogP contribution in [0.2, 0.25) is 0 Å². The highest BCUT2D eigenvalue weighted by molar-refractivity contribution is 5.91. The van der Waals surface area contributed by atoms with Crippen LogP contribution in [0.1, 0.15) is 80.6 Å². The number of likely N-dealkylation sites (N-methyl/N-ethyl adjacent to an activating group) is 1. The number of amides is 2. The van der Waals surface area contributed by atoms with Crippen molar-refractivity contribution in [2.24, 2.45) is 5.92 Å². The van der Waals surface area contributed by atoms with E-state index in [1.54, 1.807) is 31.9 Å². The van der Waals surface area contributed by atoms with Crippen molar-refractivity contribution in [3.63, 3.8) is 0 Å². The number of rotatable bonds is 11. The van der Waals surface area contributed by atoms with Crippen LogP contribution in [0.15, 0.2) is 11.6 Å². The molecule has 0 aromatic heterocycles. The van der Waals surface area contributed by atoms with Crippen LogP contribution in [0.3, 0.4) is 0 Å². The fourth-order valence-corrected chi connectivity index (χ4v) is 4.25. The zero-order valence-corrected chi connectivity index (χ0v) is 21.4. The Hall–Kier alpha value is -1.89. The molecule has 0 aliphatic carbocycles. The second-order valence-corrected chi connectivity index (χ2v) is 9.23. The second-order valence-electron chi connectivity index (χ2n) is 9.23. The zero-order chi connectivity index (χ0) is 24.4. The molecule has 0 spiro atoms. The van der Waals surface area contributed by atoms with Gasteiger partial charge in [0.05, 0.1) is 18.7 Å². The van der Waals surface area contributed by atoms with Crippen molar-refractivity contribution >= 4 is 17.8 Å². The molecule has 4 unspecified atom stereocenters. The summed E-state index contributed by atoms with van der Waals surface area (Å²) < 4.78 is 5.06. The molecule has 184 valence electrons. The predicted molar refractivity (Wildman–Crippen MR) is 128 cm³/mol. The number of hydrogen-bond donors (Lipinski definition) is 1. The lowest BCUT2D eigenvalue weighted by molar-refractivity contribution is -0.140. The number of nitrogens with one attached hydrogen (secondary N) is 1. The maximum Gasteiger partial charge on any atom is 0.333 e. The van der Waals surface area contributed by atoms with E-state index >= 15 is 0 Å². The van der Waals surface area contributed by atoms with E-state index in [0.717, 1.165) is 32.2 Å². The minimum absolute atomic E-state index is 0.0535. The molecule has 2 amide bonds. The molecule has 0 saturated carbocycles. The Bertz CT molecular complexity index is 662. The van der Waals surface area contributed by atoms with E-state index in [-0.39, 0.29) is 35.8 Å². The Morgan fingerprint density at radius 3 is 2.31 bits per heavy atom. The van der Waals surface area contributed by atoms with Crippen molar-refractivity contribution in [2.45, 2.75) is 105 Å². The SMILES string of the molecule is CCOC(=O)/C(C)=C/C(CC)N(C)C(=O)C(NC(=O)C1CCCCN1C(C)CC)C(C)C. The molecule has 1 aliphatic heterocycles. The van der Waals surface area contributed by atoms with E-state index in [1.165, 1.54) is 0 Å². The van der Waals surface area contributed by atoms with Gasteiger partial charge in [-0.25, -0.2) is 4.79 Å². The predicted octanol–water partition coefficient (Wildman–Crippen LogP) is 3.53. The third-order valence-corrected chi connectivity index (χ3v) is 6.54. The molecule has 0 aromatic carbocycles. The summed E-state index contributed by atoms with van der Waals surface area (Å²) in [6, 6.07) is -0.719. The lowest BCUT2D eigenvalue weighted by Gasteiger charge is -2.40. The Kier molecular flexibility index (Phi) is 12.0. The number of carbonyl (C=O) groups excluding carboxylic acids is 3. The molecule has 1 fully saturated rings. The normalized spacial score (nSPS) is 20.4. The van der Waals surface area contributed by atoms with Gasteiger partial charge in [-0.2, -0.15) is 0 Å². The molecule has 32 heavy (non-hydrogen) atoms. The Balaban J connectivity index is 2.99. The van der Waals surface area contributed by atoms with Crippen LogP contribution in [-0.2, 0) is 19.1 Å². The van der Waals surface area contributed by atoms with Gasteiger partial charge in [0.25, 0.3) is 0 Å². The number of ether oxygens (including phenoxy) is 1. The van der Waals surface area contributed by atoms with Gasteiger partial charge in [-0.15, -0.1) is 0 Å². The molecule has 1 heterocycles. The van der Waals surface area contributed by atoms with Crippen LogP contribution < -0.4 is 5.32 Å². The summed E-state index contributed by atoms with van der Waals surface area (Å²) in [6.45, 7) is 14.9. The first-order valence-corrected chi connectivity index (χ1v) is 12.3. The summed E-state index contributed by atoms with van der Waals surface area (Å²) in [6.07, 6.45) is 6.38. The zero-order valence-electron chi connectivity index (χ0n) is 21.4. The van der Waals surface area contributed by atoms with Crippen molar-refractivity contribution in [1.29, 1.82) is 0 Å². The van der Waals surface area contributed by atoms with E-state index in [4.69, 9.17) is 4.74 Å². The van der Waals surface area contributed by atoms with E-state index in [9.17, 15) is 14.4 Å². The summed E-state index contributed by atoms with van der Waals surface area (Å²) in [4.78, 5) is 42.6. The van der Waals surface area contributed by atoms with Crippen molar-refractivity contribution in [3.05, 3.63) is 11.6 Å². The number of esters is 1. The summed E-state index contributed by atoms with van der Waals surface area (Å²) in [5.74, 6) is -0.624. The maximum absolute atomic E-state index is 13.4. The van der Waals surface area contributed by atoms with E-state index in [0.29, 0.717) is 24.6 Å². The minimum Gasteiger partial charge on any atom is -0.463 e.